The van der Waals surface area contributed by atoms with Gasteiger partial charge in [0.15, 0.2) is 0 Å². The number of hydrogen-bond donors (Lipinski definition) is 1. The van der Waals surface area contributed by atoms with E-state index < -0.39 is 0 Å². The number of rotatable bonds is 3. The van der Waals surface area contributed by atoms with E-state index in [2.05, 4.69) is 13.8 Å². The number of unbranched alkanes of at least 4 members (excludes halogenated alkanes) is 1. The van der Waals surface area contributed by atoms with Crippen molar-refractivity contribution in [2.75, 3.05) is 0 Å². The minimum atomic E-state index is -0.282. The van der Waals surface area contributed by atoms with Gasteiger partial charge in [0.2, 0.25) is 0 Å². The van der Waals surface area contributed by atoms with E-state index in [4.69, 9.17) is 0 Å². The summed E-state index contributed by atoms with van der Waals surface area (Å²) in [5.41, 5.74) is -0.282. The first-order chi connectivity index (χ1) is 5.16. The summed E-state index contributed by atoms with van der Waals surface area (Å²) in [4.78, 5) is 0. The molecule has 1 fully saturated rings. The SMILES string of the molecule is CCCCC1(O)CCC(C)C1. The molecule has 1 N–H and O–H groups in total. The van der Waals surface area contributed by atoms with Crippen LogP contribution in [0.2, 0.25) is 0 Å². The van der Waals surface area contributed by atoms with E-state index in [0.717, 1.165) is 25.2 Å². The largest absolute Gasteiger partial charge is 0.390 e. The lowest BCUT2D eigenvalue weighted by Gasteiger charge is -2.21. The maximum absolute atomic E-state index is 9.99. The third-order valence-corrected chi connectivity index (χ3v) is 2.83. The Balaban J connectivity index is 2.29. The standard InChI is InChI=1S/C10H20O/c1-3-4-6-10(11)7-5-9(2)8-10/h9,11H,3-8H2,1-2H3. The van der Waals surface area contributed by atoms with Crippen LogP contribution in [0.1, 0.15) is 52.4 Å². The van der Waals surface area contributed by atoms with Crippen LogP contribution in [-0.4, -0.2) is 10.7 Å². The highest BCUT2D eigenvalue weighted by Crippen LogP contribution is 2.37. The minimum absolute atomic E-state index is 0.282. The summed E-state index contributed by atoms with van der Waals surface area (Å²) in [7, 11) is 0. The Bertz CT molecular complexity index is 122. The second-order valence-corrected chi connectivity index (χ2v) is 4.18. The minimum Gasteiger partial charge on any atom is -0.390 e. The molecular formula is C10H20O. The Hall–Kier alpha value is -0.0400. The van der Waals surface area contributed by atoms with Gasteiger partial charge in [-0.15, -0.1) is 0 Å². The molecule has 0 amide bonds. The molecule has 1 nitrogen and oxygen atoms in total. The van der Waals surface area contributed by atoms with Gasteiger partial charge in [-0.25, -0.2) is 0 Å². The van der Waals surface area contributed by atoms with Crippen LogP contribution in [0.3, 0.4) is 0 Å². The summed E-state index contributed by atoms with van der Waals surface area (Å²) in [5.74, 6) is 0.747. The fraction of sp³-hybridized carbons (Fsp3) is 1.00. The molecule has 0 bridgehead atoms. The zero-order valence-corrected chi connectivity index (χ0v) is 7.77. The quantitative estimate of drug-likeness (QED) is 0.666. The molecule has 11 heavy (non-hydrogen) atoms. The normalized spacial score (nSPS) is 37.9. The van der Waals surface area contributed by atoms with Crippen LogP contribution in [0.15, 0.2) is 0 Å². The third kappa shape index (κ3) is 2.48. The summed E-state index contributed by atoms with van der Waals surface area (Å²) in [6.07, 6.45) is 6.70. The van der Waals surface area contributed by atoms with Gasteiger partial charge in [-0.1, -0.05) is 26.7 Å². The lowest BCUT2D eigenvalue weighted by atomic mass is 9.94. The highest BCUT2D eigenvalue weighted by molar-refractivity contribution is 4.87. The summed E-state index contributed by atoms with van der Waals surface area (Å²) < 4.78 is 0. The van der Waals surface area contributed by atoms with Gasteiger partial charge >= 0.3 is 0 Å². The second kappa shape index (κ2) is 3.57. The molecule has 1 rings (SSSR count). The van der Waals surface area contributed by atoms with Crippen LogP contribution in [0.5, 0.6) is 0 Å². The topological polar surface area (TPSA) is 20.2 Å². The van der Waals surface area contributed by atoms with Crippen molar-refractivity contribution in [3.8, 4) is 0 Å². The molecule has 1 saturated carbocycles. The van der Waals surface area contributed by atoms with Gasteiger partial charge in [0, 0.05) is 0 Å². The molecule has 0 aromatic rings. The van der Waals surface area contributed by atoms with Crippen LogP contribution in [-0.2, 0) is 0 Å². The lowest BCUT2D eigenvalue weighted by molar-refractivity contribution is 0.0332. The smallest absolute Gasteiger partial charge is 0.0650 e. The Labute approximate surface area is 69.8 Å². The van der Waals surface area contributed by atoms with E-state index in [-0.39, 0.29) is 5.60 Å². The van der Waals surface area contributed by atoms with Gasteiger partial charge in [-0.05, 0) is 31.6 Å². The summed E-state index contributed by atoms with van der Waals surface area (Å²) in [6, 6.07) is 0. The Morgan fingerprint density at radius 2 is 2.27 bits per heavy atom. The molecule has 0 aliphatic heterocycles. The van der Waals surface area contributed by atoms with Crippen LogP contribution in [0.25, 0.3) is 0 Å². The molecule has 1 aliphatic carbocycles. The fourth-order valence-electron chi connectivity index (χ4n) is 2.10. The molecule has 0 heterocycles. The maximum atomic E-state index is 9.99. The zero-order valence-electron chi connectivity index (χ0n) is 7.77. The average Bonchev–Trinajstić information content (AvgIpc) is 2.28. The molecule has 1 heteroatoms. The lowest BCUT2D eigenvalue weighted by Crippen LogP contribution is -2.24. The van der Waals surface area contributed by atoms with Gasteiger partial charge < -0.3 is 5.11 Å². The van der Waals surface area contributed by atoms with E-state index in [1.54, 1.807) is 0 Å². The molecule has 0 radical (unpaired) electrons. The van der Waals surface area contributed by atoms with Crippen molar-refractivity contribution in [1.29, 1.82) is 0 Å². The molecule has 0 saturated heterocycles. The van der Waals surface area contributed by atoms with Gasteiger partial charge in [-0.3, -0.25) is 0 Å². The maximum Gasteiger partial charge on any atom is 0.0650 e. The van der Waals surface area contributed by atoms with Crippen molar-refractivity contribution in [1.82, 2.24) is 0 Å². The van der Waals surface area contributed by atoms with Crippen molar-refractivity contribution >= 4 is 0 Å². The highest BCUT2D eigenvalue weighted by Gasteiger charge is 2.34. The van der Waals surface area contributed by atoms with E-state index in [1.165, 1.54) is 19.3 Å². The average molecular weight is 156 g/mol. The fourth-order valence-corrected chi connectivity index (χ4v) is 2.10. The summed E-state index contributed by atoms with van der Waals surface area (Å²) >= 11 is 0. The second-order valence-electron chi connectivity index (χ2n) is 4.18. The number of hydrogen-bond acceptors (Lipinski definition) is 1. The van der Waals surface area contributed by atoms with Crippen LogP contribution < -0.4 is 0 Å². The predicted octanol–water partition coefficient (Wildman–Crippen LogP) is 2.73. The molecule has 2 atom stereocenters. The predicted molar refractivity (Wildman–Crippen MR) is 47.5 cm³/mol. The monoisotopic (exact) mass is 156 g/mol. The summed E-state index contributed by atoms with van der Waals surface area (Å²) in [5, 5.41) is 9.99. The van der Waals surface area contributed by atoms with Crippen LogP contribution in [0.4, 0.5) is 0 Å². The van der Waals surface area contributed by atoms with Gasteiger partial charge in [0.05, 0.1) is 5.60 Å². The van der Waals surface area contributed by atoms with Crippen molar-refractivity contribution < 1.29 is 5.11 Å². The van der Waals surface area contributed by atoms with Crippen molar-refractivity contribution in [3.63, 3.8) is 0 Å². The Kier molecular flexibility index (Phi) is 2.94. The van der Waals surface area contributed by atoms with Crippen molar-refractivity contribution in [3.05, 3.63) is 0 Å². The molecule has 0 aromatic heterocycles. The van der Waals surface area contributed by atoms with Gasteiger partial charge in [-0.2, -0.15) is 0 Å². The highest BCUT2D eigenvalue weighted by atomic mass is 16.3. The van der Waals surface area contributed by atoms with Gasteiger partial charge in [0.1, 0.15) is 0 Å². The third-order valence-electron chi connectivity index (χ3n) is 2.83. The van der Waals surface area contributed by atoms with Crippen LogP contribution in [0, 0.1) is 5.92 Å². The van der Waals surface area contributed by atoms with Crippen molar-refractivity contribution in [2.45, 2.75) is 58.0 Å². The van der Waals surface area contributed by atoms with E-state index in [9.17, 15) is 5.11 Å². The first-order valence-electron chi connectivity index (χ1n) is 4.89. The Morgan fingerprint density at radius 3 is 2.73 bits per heavy atom. The van der Waals surface area contributed by atoms with Crippen molar-refractivity contribution in [2.24, 2.45) is 5.92 Å². The molecule has 66 valence electrons. The molecule has 2 unspecified atom stereocenters. The molecular weight excluding hydrogens is 136 g/mol. The van der Waals surface area contributed by atoms with E-state index in [1.807, 2.05) is 0 Å². The zero-order chi connectivity index (χ0) is 8.32. The van der Waals surface area contributed by atoms with Gasteiger partial charge in [0.25, 0.3) is 0 Å². The molecule has 0 aromatic carbocycles. The molecule has 0 spiro atoms. The molecule has 1 aliphatic rings. The van der Waals surface area contributed by atoms with E-state index in [0.29, 0.717) is 0 Å². The van der Waals surface area contributed by atoms with E-state index >= 15 is 0 Å². The summed E-state index contributed by atoms with van der Waals surface area (Å²) in [6.45, 7) is 4.42. The first kappa shape index (κ1) is 9.05. The Morgan fingerprint density at radius 1 is 1.55 bits per heavy atom. The number of aliphatic hydroxyl groups is 1. The van der Waals surface area contributed by atoms with Crippen LogP contribution >= 0.6 is 0 Å². The first-order valence-corrected chi connectivity index (χ1v) is 4.89.